The SMILES string of the molecule is CCOCCCCCC(=O)C(F)(F)F. The van der Waals surface area contributed by atoms with Crippen molar-refractivity contribution >= 4 is 5.78 Å². The van der Waals surface area contributed by atoms with Gasteiger partial charge in [-0.3, -0.25) is 4.79 Å². The van der Waals surface area contributed by atoms with Crippen LogP contribution in [0.5, 0.6) is 0 Å². The predicted octanol–water partition coefficient (Wildman–Crippen LogP) is 2.71. The molecule has 0 heterocycles. The quantitative estimate of drug-likeness (QED) is 0.606. The Bertz CT molecular complexity index is 166. The maximum atomic E-state index is 11.7. The molecule has 0 fully saturated rings. The second-order valence-electron chi connectivity index (χ2n) is 2.93. The van der Waals surface area contributed by atoms with Crippen molar-refractivity contribution in [3.05, 3.63) is 0 Å². The Morgan fingerprint density at radius 1 is 1.21 bits per heavy atom. The molecule has 5 heteroatoms. The molecule has 14 heavy (non-hydrogen) atoms. The fourth-order valence-corrected chi connectivity index (χ4v) is 0.953. The summed E-state index contributed by atoms with van der Waals surface area (Å²) in [5.74, 6) is -1.63. The fraction of sp³-hybridized carbons (Fsp3) is 0.889. The summed E-state index contributed by atoms with van der Waals surface area (Å²) in [6.45, 7) is 3.02. The molecular weight excluding hydrogens is 197 g/mol. The summed E-state index contributed by atoms with van der Waals surface area (Å²) in [6, 6.07) is 0. The van der Waals surface area contributed by atoms with E-state index in [1.807, 2.05) is 6.92 Å². The minimum Gasteiger partial charge on any atom is -0.382 e. The molecule has 0 bridgehead atoms. The number of Topliss-reactive ketones (excluding diaryl/α,β-unsaturated/α-hetero) is 1. The standard InChI is InChI=1S/C9H15F3O2/c1-2-14-7-5-3-4-6-8(13)9(10,11)12/h2-7H2,1H3. The molecule has 0 aliphatic heterocycles. The summed E-state index contributed by atoms with van der Waals surface area (Å²) < 4.78 is 40.1. The van der Waals surface area contributed by atoms with E-state index in [0.29, 0.717) is 26.1 Å². The lowest BCUT2D eigenvalue weighted by atomic mass is 10.1. The summed E-state index contributed by atoms with van der Waals surface area (Å²) in [4.78, 5) is 10.4. The van der Waals surface area contributed by atoms with Crippen LogP contribution < -0.4 is 0 Å². The zero-order chi connectivity index (χ0) is 11.0. The van der Waals surface area contributed by atoms with Crippen LogP contribution in [0.15, 0.2) is 0 Å². The largest absolute Gasteiger partial charge is 0.449 e. The molecule has 0 aromatic carbocycles. The van der Waals surface area contributed by atoms with Crippen LogP contribution in [0.25, 0.3) is 0 Å². The predicted molar refractivity (Wildman–Crippen MR) is 46.0 cm³/mol. The normalized spacial score (nSPS) is 11.7. The van der Waals surface area contributed by atoms with Gasteiger partial charge >= 0.3 is 6.18 Å². The molecule has 0 rings (SSSR count). The topological polar surface area (TPSA) is 26.3 Å². The highest BCUT2D eigenvalue weighted by molar-refractivity contribution is 5.83. The Kier molecular flexibility index (Phi) is 6.53. The highest BCUT2D eigenvalue weighted by Crippen LogP contribution is 2.19. The number of unbranched alkanes of at least 4 members (excludes halogenated alkanes) is 2. The first kappa shape index (κ1) is 13.4. The zero-order valence-corrected chi connectivity index (χ0v) is 8.19. The molecule has 0 atom stereocenters. The molecule has 0 spiro atoms. The van der Waals surface area contributed by atoms with E-state index in [9.17, 15) is 18.0 Å². The highest BCUT2D eigenvalue weighted by Gasteiger charge is 2.36. The molecule has 0 saturated carbocycles. The van der Waals surface area contributed by atoms with Crippen molar-refractivity contribution in [2.75, 3.05) is 13.2 Å². The Balaban J connectivity index is 3.33. The van der Waals surface area contributed by atoms with Crippen molar-refractivity contribution in [2.24, 2.45) is 0 Å². The van der Waals surface area contributed by atoms with Crippen LogP contribution in [0.2, 0.25) is 0 Å². The zero-order valence-electron chi connectivity index (χ0n) is 8.19. The smallest absolute Gasteiger partial charge is 0.382 e. The van der Waals surface area contributed by atoms with Gasteiger partial charge in [0, 0.05) is 19.6 Å². The number of ketones is 1. The second-order valence-corrected chi connectivity index (χ2v) is 2.93. The van der Waals surface area contributed by atoms with Gasteiger partial charge < -0.3 is 4.74 Å². The first-order chi connectivity index (χ1) is 6.48. The van der Waals surface area contributed by atoms with Crippen molar-refractivity contribution in [3.63, 3.8) is 0 Å². The second kappa shape index (κ2) is 6.81. The number of rotatable bonds is 7. The van der Waals surface area contributed by atoms with Crippen LogP contribution in [0, 0.1) is 0 Å². The van der Waals surface area contributed by atoms with Gasteiger partial charge in [0.1, 0.15) is 0 Å². The van der Waals surface area contributed by atoms with Gasteiger partial charge in [0.25, 0.3) is 0 Å². The van der Waals surface area contributed by atoms with Crippen molar-refractivity contribution in [1.82, 2.24) is 0 Å². The molecule has 2 nitrogen and oxygen atoms in total. The third-order valence-corrected chi connectivity index (χ3v) is 1.71. The monoisotopic (exact) mass is 212 g/mol. The van der Waals surface area contributed by atoms with Gasteiger partial charge in [0.15, 0.2) is 0 Å². The molecule has 0 aromatic heterocycles. The molecule has 84 valence electrons. The van der Waals surface area contributed by atoms with Crippen molar-refractivity contribution in [3.8, 4) is 0 Å². The van der Waals surface area contributed by atoms with E-state index in [2.05, 4.69) is 0 Å². The van der Waals surface area contributed by atoms with Crippen LogP contribution in [0.4, 0.5) is 13.2 Å². The summed E-state index contributed by atoms with van der Waals surface area (Å²) in [5, 5.41) is 0. The number of carbonyl (C=O) groups is 1. The van der Waals surface area contributed by atoms with Gasteiger partial charge in [-0.15, -0.1) is 0 Å². The van der Waals surface area contributed by atoms with Crippen LogP contribution >= 0.6 is 0 Å². The van der Waals surface area contributed by atoms with Crippen molar-refractivity contribution in [1.29, 1.82) is 0 Å². The van der Waals surface area contributed by atoms with E-state index in [0.717, 1.165) is 0 Å². The van der Waals surface area contributed by atoms with Gasteiger partial charge in [0.05, 0.1) is 0 Å². The van der Waals surface area contributed by atoms with Crippen LogP contribution in [0.3, 0.4) is 0 Å². The van der Waals surface area contributed by atoms with Crippen LogP contribution in [0.1, 0.15) is 32.6 Å². The van der Waals surface area contributed by atoms with Crippen LogP contribution in [-0.4, -0.2) is 25.2 Å². The van der Waals surface area contributed by atoms with E-state index in [-0.39, 0.29) is 6.42 Å². The Morgan fingerprint density at radius 3 is 2.36 bits per heavy atom. The van der Waals surface area contributed by atoms with Gasteiger partial charge in [-0.1, -0.05) is 6.42 Å². The number of alkyl halides is 3. The first-order valence-electron chi connectivity index (χ1n) is 4.66. The number of halogens is 3. The number of hydrogen-bond acceptors (Lipinski definition) is 2. The van der Waals surface area contributed by atoms with E-state index >= 15 is 0 Å². The Morgan fingerprint density at radius 2 is 1.86 bits per heavy atom. The van der Waals surface area contributed by atoms with Gasteiger partial charge in [0.2, 0.25) is 5.78 Å². The molecule has 0 radical (unpaired) electrons. The molecule has 0 aromatic rings. The van der Waals surface area contributed by atoms with E-state index < -0.39 is 18.4 Å². The van der Waals surface area contributed by atoms with Gasteiger partial charge in [-0.2, -0.15) is 13.2 Å². The maximum absolute atomic E-state index is 11.7. The Hall–Kier alpha value is -0.580. The molecule has 0 saturated heterocycles. The highest BCUT2D eigenvalue weighted by atomic mass is 19.4. The summed E-state index contributed by atoms with van der Waals surface area (Å²) >= 11 is 0. The first-order valence-corrected chi connectivity index (χ1v) is 4.66. The number of ether oxygens (including phenoxy) is 1. The molecule has 0 N–H and O–H groups in total. The number of hydrogen-bond donors (Lipinski definition) is 0. The Labute approximate surface area is 81.4 Å². The van der Waals surface area contributed by atoms with Crippen molar-refractivity contribution in [2.45, 2.75) is 38.8 Å². The lowest BCUT2D eigenvalue weighted by Crippen LogP contribution is -2.22. The molecule has 0 unspecified atom stereocenters. The third-order valence-electron chi connectivity index (χ3n) is 1.71. The fourth-order valence-electron chi connectivity index (χ4n) is 0.953. The van der Waals surface area contributed by atoms with Crippen molar-refractivity contribution < 1.29 is 22.7 Å². The van der Waals surface area contributed by atoms with E-state index in [1.54, 1.807) is 0 Å². The minimum atomic E-state index is -4.67. The number of carbonyl (C=O) groups excluding carboxylic acids is 1. The van der Waals surface area contributed by atoms with Gasteiger partial charge in [-0.25, -0.2) is 0 Å². The summed E-state index contributed by atoms with van der Waals surface area (Å²) in [5.41, 5.74) is 0. The van der Waals surface area contributed by atoms with E-state index in [1.165, 1.54) is 0 Å². The molecular formula is C9H15F3O2. The molecule has 0 aliphatic rings. The molecule has 0 amide bonds. The maximum Gasteiger partial charge on any atom is 0.449 e. The van der Waals surface area contributed by atoms with E-state index in [4.69, 9.17) is 4.74 Å². The lowest BCUT2D eigenvalue weighted by molar-refractivity contribution is -0.171. The van der Waals surface area contributed by atoms with Crippen LogP contribution in [-0.2, 0) is 9.53 Å². The average Bonchev–Trinajstić information content (AvgIpc) is 2.09. The van der Waals surface area contributed by atoms with Gasteiger partial charge in [-0.05, 0) is 19.8 Å². The average molecular weight is 212 g/mol. The molecule has 0 aliphatic carbocycles. The lowest BCUT2D eigenvalue weighted by Gasteiger charge is -2.04. The third kappa shape index (κ3) is 6.88. The summed E-state index contributed by atoms with van der Waals surface area (Å²) in [7, 11) is 0. The summed E-state index contributed by atoms with van der Waals surface area (Å²) in [6.07, 6.45) is -3.48. The minimum absolute atomic E-state index is 0.283.